The number of hydrogen-bond acceptors (Lipinski definition) is 6. The Morgan fingerprint density at radius 2 is 1.89 bits per heavy atom. The molecular weight excluding hydrogens is 338 g/mol. The Balaban J connectivity index is 1.60. The second kappa shape index (κ2) is 6.74. The fraction of sp³-hybridized carbons (Fsp3) is 0.143. The van der Waals surface area contributed by atoms with E-state index in [1.165, 1.54) is 0 Å². The van der Waals surface area contributed by atoms with Crippen molar-refractivity contribution >= 4 is 23.4 Å². The van der Waals surface area contributed by atoms with E-state index in [4.69, 9.17) is 16.2 Å². The van der Waals surface area contributed by atoms with Crippen molar-refractivity contribution in [3.05, 3.63) is 71.5 Å². The standard InChI is InChI=1S/C21H21N5O/c1-13-9-16(5-8-20(13)27-17-6-3-14(2)24-11-17)26-12-25-19-7-4-15(22)10-18(19)21(26)23/h3-12,21H,22-23H2,1-2H3. The van der Waals surface area contributed by atoms with Crippen LogP contribution in [0.2, 0.25) is 0 Å². The van der Waals surface area contributed by atoms with Crippen LogP contribution in [0.5, 0.6) is 11.5 Å². The Kier molecular flexibility index (Phi) is 4.25. The highest BCUT2D eigenvalue weighted by Gasteiger charge is 2.23. The molecule has 1 aliphatic heterocycles. The van der Waals surface area contributed by atoms with Crippen molar-refractivity contribution in [3.8, 4) is 11.5 Å². The first-order valence-electron chi connectivity index (χ1n) is 8.70. The van der Waals surface area contributed by atoms with Crippen LogP contribution in [0.4, 0.5) is 17.1 Å². The van der Waals surface area contributed by atoms with Crippen LogP contribution in [0.25, 0.3) is 0 Å². The van der Waals surface area contributed by atoms with Crippen molar-refractivity contribution in [2.45, 2.75) is 20.0 Å². The van der Waals surface area contributed by atoms with Crippen LogP contribution in [-0.4, -0.2) is 11.3 Å². The Morgan fingerprint density at radius 3 is 2.63 bits per heavy atom. The number of pyridine rings is 1. The predicted octanol–water partition coefficient (Wildman–Crippen LogP) is 4.21. The molecule has 0 radical (unpaired) electrons. The van der Waals surface area contributed by atoms with E-state index >= 15 is 0 Å². The Bertz CT molecular complexity index is 1010. The smallest absolute Gasteiger partial charge is 0.145 e. The van der Waals surface area contributed by atoms with E-state index in [-0.39, 0.29) is 6.17 Å². The molecule has 6 heteroatoms. The van der Waals surface area contributed by atoms with Gasteiger partial charge in [-0.1, -0.05) is 0 Å². The van der Waals surface area contributed by atoms with Gasteiger partial charge in [-0.25, -0.2) is 4.99 Å². The van der Waals surface area contributed by atoms with Gasteiger partial charge < -0.3 is 21.1 Å². The Hall–Kier alpha value is -3.38. The molecule has 6 nitrogen and oxygen atoms in total. The average molecular weight is 359 g/mol. The van der Waals surface area contributed by atoms with Gasteiger partial charge in [-0.05, 0) is 67.9 Å². The molecule has 4 N–H and O–H groups in total. The maximum Gasteiger partial charge on any atom is 0.145 e. The monoisotopic (exact) mass is 359 g/mol. The first-order valence-corrected chi connectivity index (χ1v) is 8.70. The average Bonchev–Trinajstić information content (AvgIpc) is 2.66. The summed E-state index contributed by atoms with van der Waals surface area (Å²) in [6, 6.07) is 15.3. The molecule has 1 atom stereocenters. The third-order valence-electron chi connectivity index (χ3n) is 4.56. The number of nitrogen functional groups attached to an aromatic ring is 1. The number of rotatable bonds is 3. The van der Waals surface area contributed by atoms with Crippen LogP contribution in [0.1, 0.15) is 23.0 Å². The zero-order valence-corrected chi connectivity index (χ0v) is 15.3. The number of aromatic nitrogens is 1. The SMILES string of the molecule is Cc1ccc(Oc2ccc(N3C=Nc4ccc(N)cc4C3N)cc2C)cn1. The Labute approximate surface area is 158 Å². The summed E-state index contributed by atoms with van der Waals surface area (Å²) in [5, 5.41) is 0. The normalized spacial score (nSPS) is 15.5. The predicted molar refractivity (Wildman–Crippen MR) is 109 cm³/mol. The molecule has 2 aromatic carbocycles. The van der Waals surface area contributed by atoms with E-state index in [9.17, 15) is 0 Å². The molecule has 0 saturated carbocycles. The fourth-order valence-electron chi connectivity index (χ4n) is 3.05. The quantitative estimate of drug-likeness (QED) is 0.684. The molecule has 1 aliphatic rings. The summed E-state index contributed by atoms with van der Waals surface area (Å²) in [6.45, 7) is 3.94. The van der Waals surface area contributed by atoms with Crippen LogP contribution < -0.4 is 21.1 Å². The van der Waals surface area contributed by atoms with Crippen LogP contribution in [0.15, 0.2) is 59.7 Å². The number of anilines is 2. The fourth-order valence-corrected chi connectivity index (χ4v) is 3.05. The van der Waals surface area contributed by atoms with Crippen LogP contribution in [-0.2, 0) is 0 Å². The van der Waals surface area contributed by atoms with Gasteiger partial charge in [-0.3, -0.25) is 4.98 Å². The van der Waals surface area contributed by atoms with Crippen molar-refractivity contribution in [2.75, 3.05) is 10.6 Å². The number of nitrogens with zero attached hydrogens (tertiary/aromatic N) is 3. The van der Waals surface area contributed by atoms with E-state index in [0.717, 1.165) is 33.9 Å². The summed E-state index contributed by atoms with van der Waals surface area (Å²) in [5.74, 6) is 1.48. The third kappa shape index (κ3) is 3.35. The van der Waals surface area contributed by atoms with Gasteiger partial charge in [0.15, 0.2) is 0 Å². The molecule has 0 amide bonds. The molecule has 0 saturated heterocycles. The second-order valence-corrected chi connectivity index (χ2v) is 6.60. The minimum atomic E-state index is -0.353. The summed E-state index contributed by atoms with van der Waals surface area (Å²) in [4.78, 5) is 10.7. The summed E-state index contributed by atoms with van der Waals surface area (Å²) >= 11 is 0. The van der Waals surface area contributed by atoms with Crippen LogP contribution in [0.3, 0.4) is 0 Å². The highest BCUT2D eigenvalue weighted by atomic mass is 16.5. The maximum absolute atomic E-state index is 6.46. The lowest BCUT2D eigenvalue weighted by molar-refractivity contribution is 0.476. The van der Waals surface area contributed by atoms with Crippen molar-refractivity contribution in [1.29, 1.82) is 0 Å². The largest absolute Gasteiger partial charge is 0.455 e. The molecule has 1 aromatic heterocycles. The molecule has 2 heterocycles. The molecule has 4 rings (SSSR count). The summed E-state index contributed by atoms with van der Waals surface area (Å²) in [5.41, 5.74) is 17.7. The van der Waals surface area contributed by atoms with Gasteiger partial charge >= 0.3 is 0 Å². The highest BCUT2D eigenvalue weighted by molar-refractivity contribution is 5.86. The van der Waals surface area contributed by atoms with Gasteiger partial charge in [0.2, 0.25) is 0 Å². The Morgan fingerprint density at radius 1 is 1.04 bits per heavy atom. The lowest BCUT2D eigenvalue weighted by atomic mass is 10.1. The van der Waals surface area contributed by atoms with E-state index in [0.29, 0.717) is 11.4 Å². The number of ether oxygens (including phenoxy) is 1. The van der Waals surface area contributed by atoms with Crippen molar-refractivity contribution in [3.63, 3.8) is 0 Å². The third-order valence-corrected chi connectivity index (χ3v) is 4.56. The minimum Gasteiger partial charge on any atom is -0.455 e. The van der Waals surface area contributed by atoms with Gasteiger partial charge in [0, 0.05) is 22.6 Å². The molecule has 3 aromatic rings. The number of aliphatic imine (C=N–C) groups is 1. The molecule has 0 aliphatic carbocycles. The molecule has 0 bridgehead atoms. The lowest BCUT2D eigenvalue weighted by Crippen LogP contribution is -2.35. The summed E-state index contributed by atoms with van der Waals surface area (Å²) in [6.07, 6.45) is 3.12. The van der Waals surface area contributed by atoms with Gasteiger partial charge in [0.05, 0.1) is 18.2 Å². The van der Waals surface area contributed by atoms with Gasteiger partial charge in [-0.2, -0.15) is 0 Å². The van der Waals surface area contributed by atoms with Gasteiger partial charge in [-0.15, -0.1) is 0 Å². The molecule has 1 unspecified atom stereocenters. The number of aryl methyl sites for hydroxylation is 2. The zero-order valence-electron chi connectivity index (χ0n) is 15.3. The van der Waals surface area contributed by atoms with E-state index in [2.05, 4.69) is 9.98 Å². The van der Waals surface area contributed by atoms with E-state index in [1.54, 1.807) is 12.5 Å². The lowest BCUT2D eigenvalue weighted by Gasteiger charge is -2.31. The van der Waals surface area contributed by atoms with Crippen molar-refractivity contribution in [2.24, 2.45) is 10.7 Å². The molecular formula is C21H21N5O. The molecule has 0 spiro atoms. The molecule has 27 heavy (non-hydrogen) atoms. The second-order valence-electron chi connectivity index (χ2n) is 6.60. The highest BCUT2D eigenvalue weighted by Crippen LogP contribution is 2.36. The summed E-state index contributed by atoms with van der Waals surface area (Å²) < 4.78 is 5.94. The molecule has 136 valence electrons. The van der Waals surface area contributed by atoms with E-state index in [1.807, 2.05) is 67.3 Å². The van der Waals surface area contributed by atoms with Gasteiger partial charge in [0.25, 0.3) is 0 Å². The summed E-state index contributed by atoms with van der Waals surface area (Å²) in [7, 11) is 0. The maximum atomic E-state index is 6.46. The van der Waals surface area contributed by atoms with Crippen LogP contribution in [0, 0.1) is 13.8 Å². The number of nitrogens with two attached hydrogens (primary N) is 2. The van der Waals surface area contributed by atoms with Gasteiger partial charge in [0.1, 0.15) is 17.7 Å². The zero-order chi connectivity index (χ0) is 19.0. The number of benzene rings is 2. The van der Waals surface area contributed by atoms with Crippen molar-refractivity contribution in [1.82, 2.24) is 4.98 Å². The number of fused-ring (bicyclic) bond motifs is 1. The number of hydrogen-bond donors (Lipinski definition) is 2. The van der Waals surface area contributed by atoms with Crippen LogP contribution >= 0.6 is 0 Å². The topological polar surface area (TPSA) is 89.8 Å². The molecule has 0 fully saturated rings. The van der Waals surface area contributed by atoms with E-state index < -0.39 is 0 Å². The first-order chi connectivity index (χ1) is 13.0. The minimum absolute atomic E-state index is 0.353. The first kappa shape index (κ1) is 17.1. The van der Waals surface area contributed by atoms with Crippen molar-refractivity contribution < 1.29 is 4.74 Å².